The average Bonchev–Trinajstić information content (AvgIpc) is 1.83. The molecule has 0 aliphatic carbocycles. The number of ketones is 1. The maximum atomic E-state index is 10.5. The quantitative estimate of drug-likeness (QED) is 0.531. The molecule has 0 rings (SSSR count). The molecule has 0 aromatic carbocycles. The minimum Gasteiger partial charge on any atom is -0.368 e. The number of aliphatic hydroxyl groups is 2. The van der Waals surface area contributed by atoms with Crippen LogP contribution in [0.2, 0.25) is 0 Å². The van der Waals surface area contributed by atoms with Gasteiger partial charge in [0.1, 0.15) is 5.78 Å². The molecule has 2 N–H and O–H groups in total. The van der Waals surface area contributed by atoms with Crippen LogP contribution in [0.1, 0.15) is 26.2 Å². The Bertz CT molecular complexity index is 88.3. The number of hydrogen-bond acceptors (Lipinski definition) is 3. The van der Waals surface area contributed by atoms with E-state index >= 15 is 0 Å². The van der Waals surface area contributed by atoms with Gasteiger partial charge >= 0.3 is 0 Å². The highest BCUT2D eigenvalue weighted by Gasteiger charge is 2.01. The third-order valence-corrected chi connectivity index (χ3v) is 1.08. The molecule has 3 nitrogen and oxygen atoms in total. The van der Waals surface area contributed by atoms with Crippen molar-refractivity contribution in [2.45, 2.75) is 32.5 Å². The molecule has 0 saturated carbocycles. The van der Waals surface area contributed by atoms with E-state index in [1.54, 1.807) is 6.92 Å². The van der Waals surface area contributed by atoms with Gasteiger partial charge < -0.3 is 10.2 Å². The van der Waals surface area contributed by atoms with E-state index in [1.165, 1.54) is 0 Å². The van der Waals surface area contributed by atoms with Crippen LogP contribution in [-0.2, 0) is 4.79 Å². The first kappa shape index (κ1) is 8.59. The maximum absolute atomic E-state index is 10.5. The number of aliphatic hydroxyl groups excluding tert-OH is 1. The van der Waals surface area contributed by atoms with Crippen molar-refractivity contribution in [2.24, 2.45) is 0 Å². The second-order valence-corrected chi connectivity index (χ2v) is 1.91. The van der Waals surface area contributed by atoms with Gasteiger partial charge in [-0.15, -0.1) is 0 Å². The fraction of sp³-hybridized carbons (Fsp3) is 0.833. The van der Waals surface area contributed by atoms with Crippen molar-refractivity contribution in [2.75, 3.05) is 0 Å². The molecule has 0 bridgehead atoms. The third kappa shape index (κ3) is 5.46. The zero-order valence-electron chi connectivity index (χ0n) is 5.50. The molecular formula is C6H12O3. The molecule has 0 saturated heterocycles. The van der Waals surface area contributed by atoms with Gasteiger partial charge in [-0.05, 0) is 0 Å². The van der Waals surface area contributed by atoms with Crippen molar-refractivity contribution in [1.29, 1.82) is 0 Å². The predicted octanol–water partition coefficient (Wildman–Crippen LogP) is 0.0564. The van der Waals surface area contributed by atoms with Crippen LogP contribution in [0.5, 0.6) is 0 Å². The maximum Gasteiger partial charge on any atom is 0.151 e. The van der Waals surface area contributed by atoms with E-state index in [0.29, 0.717) is 6.42 Å². The first-order valence-corrected chi connectivity index (χ1v) is 3.04. The van der Waals surface area contributed by atoms with E-state index in [1.807, 2.05) is 0 Å². The van der Waals surface area contributed by atoms with Crippen LogP contribution in [0.25, 0.3) is 0 Å². The highest BCUT2D eigenvalue weighted by atomic mass is 16.5. The first-order valence-electron chi connectivity index (χ1n) is 3.04. The zero-order chi connectivity index (χ0) is 7.28. The van der Waals surface area contributed by atoms with Crippen molar-refractivity contribution in [3.63, 3.8) is 0 Å². The van der Waals surface area contributed by atoms with Crippen molar-refractivity contribution in [3.8, 4) is 0 Å². The summed E-state index contributed by atoms with van der Waals surface area (Å²) in [5.74, 6) is 0.0723. The molecule has 0 radical (unpaired) electrons. The summed E-state index contributed by atoms with van der Waals surface area (Å²) in [6.07, 6.45) is -0.423. The van der Waals surface area contributed by atoms with Crippen LogP contribution in [0.3, 0.4) is 0 Å². The molecule has 0 unspecified atom stereocenters. The molecule has 0 aliphatic heterocycles. The van der Waals surface area contributed by atoms with Gasteiger partial charge in [-0.2, -0.15) is 0 Å². The van der Waals surface area contributed by atoms with Crippen LogP contribution < -0.4 is 0 Å². The monoisotopic (exact) mass is 132 g/mol. The SMILES string of the molecule is CCC(=O)CCC(O)O. The molecule has 0 spiro atoms. The van der Waals surface area contributed by atoms with Gasteiger partial charge in [0.25, 0.3) is 0 Å². The van der Waals surface area contributed by atoms with Crippen LogP contribution in [0.15, 0.2) is 0 Å². The summed E-state index contributed by atoms with van der Waals surface area (Å²) in [6.45, 7) is 1.76. The van der Waals surface area contributed by atoms with Gasteiger partial charge in [0.15, 0.2) is 6.29 Å². The van der Waals surface area contributed by atoms with Crippen LogP contribution in [-0.4, -0.2) is 22.3 Å². The van der Waals surface area contributed by atoms with E-state index in [-0.39, 0.29) is 18.6 Å². The minimum atomic E-state index is -1.33. The second-order valence-electron chi connectivity index (χ2n) is 1.91. The molecule has 3 heteroatoms. The standard InChI is InChI=1S/C6H12O3/c1-2-5(7)3-4-6(8)9/h6,8-9H,2-4H2,1H3. The number of Topliss-reactive ketones (excluding diaryl/α,β-unsaturated/α-hetero) is 1. The summed E-state index contributed by atoms with van der Waals surface area (Å²) in [7, 11) is 0. The Balaban J connectivity index is 3.17. The molecule has 0 aromatic rings. The molecule has 0 atom stereocenters. The minimum absolute atomic E-state index is 0.0723. The van der Waals surface area contributed by atoms with E-state index in [9.17, 15) is 4.79 Å². The summed E-state index contributed by atoms with van der Waals surface area (Å²) in [4.78, 5) is 10.5. The lowest BCUT2D eigenvalue weighted by Gasteiger charge is -1.99. The predicted molar refractivity (Wildman–Crippen MR) is 32.8 cm³/mol. The molecule has 0 amide bonds. The Labute approximate surface area is 54.3 Å². The van der Waals surface area contributed by atoms with Crippen LogP contribution >= 0.6 is 0 Å². The van der Waals surface area contributed by atoms with E-state index in [0.717, 1.165) is 0 Å². The van der Waals surface area contributed by atoms with Gasteiger partial charge in [-0.25, -0.2) is 0 Å². The third-order valence-electron chi connectivity index (χ3n) is 1.08. The summed E-state index contributed by atoms with van der Waals surface area (Å²) in [6, 6.07) is 0. The lowest BCUT2D eigenvalue weighted by Crippen LogP contribution is -2.07. The van der Waals surface area contributed by atoms with E-state index in [4.69, 9.17) is 10.2 Å². The van der Waals surface area contributed by atoms with Gasteiger partial charge in [-0.1, -0.05) is 6.92 Å². The normalized spacial score (nSPS) is 10.2. The second kappa shape index (κ2) is 4.47. The number of carbonyl (C=O) groups is 1. The van der Waals surface area contributed by atoms with Crippen molar-refractivity contribution in [1.82, 2.24) is 0 Å². The Morgan fingerprint density at radius 3 is 2.44 bits per heavy atom. The molecule has 0 fully saturated rings. The van der Waals surface area contributed by atoms with Crippen molar-refractivity contribution >= 4 is 5.78 Å². The van der Waals surface area contributed by atoms with Crippen molar-refractivity contribution < 1.29 is 15.0 Å². The topological polar surface area (TPSA) is 57.5 Å². The molecule has 9 heavy (non-hydrogen) atoms. The lowest BCUT2D eigenvalue weighted by atomic mass is 10.2. The van der Waals surface area contributed by atoms with E-state index in [2.05, 4.69) is 0 Å². The molecule has 0 heterocycles. The Kier molecular flexibility index (Phi) is 4.26. The number of rotatable bonds is 4. The van der Waals surface area contributed by atoms with Gasteiger partial charge in [-0.3, -0.25) is 4.79 Å². The fourth-order valence-electron chi connectivity index (χ4n) is 0.467. The number of hydrogen-bond donors (Lipinski definition) is 2. The van der Waals surface area contributed by atoms with Gasteiger partial charge in [0, 0.05) is 19.3 Å². The van der Waals surface area contributed by atoms with Crippen LogP contribution in [0, 0.1) is 0 Å². The summed E-state index contributed by atoms with van der Waals surface area (Å²) in [5.41, 5.74) is 0. The highest BCUT2D eigenvalue weighted by molar-refractivity contribution is 5.77. The van der Waals surface area contributed by atoms with Crippen LogP contribution in [0.4, 0.5) is 0 Å². The van der Waals surface area contributed by atoms with E-state index < -0.39 is 6.29 Å². The zero-order valence-corrected chi connectivity index (χ0v) is 5.50. The number of carbonyl (C=O) groups excluding carboxylic acids is 1. The Hall–Kier alpha value is -0.410. The molecular weight excluding hydrogens is 120 g/mol. The average molecular weight is 132 g/mol. The first-order chi connectivity index (χ1) is 4.16. The largest absolute Gasteiger partial charge is 0.368 e. The smallest absolute Gasteiger partial charge is 0.151 e. The van der Waals surface area contributed by atoms with Gasteiger partial charge in [0.05, 0.1) is 0 Å². The lowest BCUT2D eigenvalue weighted by molar-refractivity contribution is -0.121. The fourth-order valence-corrected chi connectivity index (χ4v) is 0.467. The Morgan fingerprint density at radius 2 is 2.11 bits per heavy atom. The molecule has 0 aromatic heterocycles. The molecule has 0 aliphatic rings. The highest BCUT2D eigenvalue weighted by Crippen LogP contribution is 1.96. The molecule has 54 valence electrons. The Morgan fingerprint density at radius 1 is 1.56 bits per heavy atom. The van der Waals surface area contributed by atoms with Crippen molar-refractivity contribution in [3.05, 3.63) is 0 Å². The summed E-state index contributed by atoms with van der Waals surface area (Å²) in [5, 5.41) is 16.6. The van der Waals surface area contributed by atoms with Gasteiger partial charge in [0.2, 0.25) is 0 Å². The summed E-state index contributed by atoms with van der Waals surface area (Å²) < 4.78 is 0. The summed E-state index contributed by atoms with van der Waals surface area (Å²) >= 11 is 0.